The van der Waals surface area contributed by atoms with Gasteiger partial charge < -0.3 is 48.2 Å². The number of alkyl carbamates (subject to hydrolysis) is 1. The Labute approximate surface area is 349 Å². The topological polar surface area (TPSA) is 178 Å². The first kappa shape index (κ1) is 46.5. The Morgan fingerprint density at radius 1 is 0.915 bits per heavy atom. The molecule has 330 valence electrons. The average Bonchev–Trinajstić information content (AvgIpc) is 3.40. The molecule has 6 rings (SSSR count). The van der Waals surface area contributed by atoms with Gasteiger partial charge in [0, 0.05) is 32.7 Å². The lowest BCUT2D eigenvalue weighted by molar-refractivity contribution is -0.199. The van der Waals surface area contributed by atoms with Crippen LogP contribution in [0.4, 0.5) is 9.59 Å². The van der Waals surface area contributed by atoms with Crippen LogP contribution >= 0.6 is 0 Å². The van der Waals surface area contributed by atoms with E-state index in [1.165, 1.54) is 0 Å². The number of nitrogens with one attached hydrogen (secondary N) is 1. The molecule has 1 amide bonds. The molecule has 0 spiro atoms. The summed E-state index contributed by atoms with van der Waals surface area (Å²) in [6.07, 6.45) is 0.861. The van der Waals surface area contributed by atoms with Crippen LogP contribution in [0.1, 0.15) is 125 Å². The smallest absolute Gasteiger partial charge is 0.487 e. The van der Waals surface area contributed by atoms with E-state index in [-0.39, 0.29) is 54.8 Å². The number of likely N-dealkylation sites (tertiary alicyclic amines) is 1. The number of carbonyl (C=O) groups excluding carboxylic acids is 4. The predicted molar refractivity (Wildman–Crippen MR) is 218 cm³/mol. The van der Waals surface area contributed by atoms with Crippen LogP contribution in [0, 0.1) is 17.3 Å². The molecule has 16 heteroatoms. The van der Waals surface area contributed by atoms with Crippen molar-refractivity contribution in [2.75, 3.05) is 32.8 Å². The summed E-state index contributed by atoms with van der Waals surface area (Å²) in [5.74, 6) is -0.337. The molecule has 59 heavy (non-hydrogen) atoms. The quantitative estimate of drug-likeness (QED) is 0.0683. The summed E-state index contributed by atoms with van der Waals surface area (Å²) in [6, 6.07) is 3.42. The van der Waals surface area contributed by atoms with Crippen LogP contribution in [0.25, 0.3) is 0 Å². The average molecular weight is 831 g/mol. The van der Waals surface area contributed by atoms with E-state index in [1.54, 1.807) is 81.4 Å². The summed E-state index contributed by atoms with van der Waals surface area (Å²) < 4.78 is 47.7. The standard InChI is InChI=1S/C43H67BN2O13/c1-38(2,3)55-34(48)32-29(53-28-23-46(24-28)25-42(12,35(49)52-20-14-19-47)45-36(50)56-39(4,5)6)16-15-26(33(32)54-37(51)57-40(7,8)9)17-18-44-58-31-22-27-21-30(41(27,10)11)43(31,13)59-44/h15-16,27-28,30-31,47H,14,17-25H2,1-13H3,(H,45,50)/t27-,30-,31+,42?,43-/m0/s1. The third kappa shape index (κ3) is 11.2. The van der Waals surface area contributed by atoms with Crippen molar-refractivity contribution in [2.24, 2.45) is 17.3 Å². The molecule has 5 fully saturated rings. The Morgan fingerprint density at radius 3 is 2.15 bits per heavy atom. The lowest BCUT2D eigenvalue weighted by Crippen LogP contribution is -2.65. The van der Waals surface area contributed by atoms with Gasteiger partial charge in [0.1, 0.15) is 34.2 Å². The fourth-order valence-electron chi connectivity index (χ4n) is 8.67. The molecule has 1 unspecified atom stereocenters. The zero-order valence-corrected chi connectivity index (χ0v) is 37.4. The zero-order chi connectivity index (χ0) is 43.9. The van der Waals surface area contributed by atoms with Crippen LogP contribution in [-0.4, -0.2) is 114 Å². The van der Waals surface area contributed by atoms with Crippen LogP contribution in [0.3, 0.4) is 0 Å². The summed E-state index contributed by atoms with van der Waals surface area (Å²) in [7, 11) is -0.487. The highest BCUT2D eigenvalue weighted by Gasteiger charge is 2.67. The summed E-state index contributed by atoms with van der Waals surface area (Å²) >= 11 is 0. The largest absolute Gasteiger partial charge is 0.514 e. The number of hydrogen-bond acceptors (Lipinski definition) is 14. The maximum Gasteiger partial charge on any atom is 0.514 e. The number of aryl methyl sites for hydroxylation is 1. The van der Waals surface area contributed by atoms with E-state index in [0.717, 1.165) is 12.8 Å². The minimum atomic E-state index is -1.50. The van der Waals surface area contributed by atoms with Crippen molar-refractivity contribution in [1.82, 2.24) is 10.2 Å². The molecule has 3 aliphatic carbocycles. The van der Waals surface area contributed by atoms with E-state index in [0.29, 0.717) is 43.2 Å². The van der Waals surface area contributed by atoms with Gasteiger partial charge in [-0.2, -0.15) is 0 Å². The normalized spacial score (nSPS) is 25.1. The molecule has 15 nitrogen and oxygen atoms in total. The molecule has 2 N–H and O–H groups in total. The van der Waals surface area contributed by atoms with Crippen LogP contribution < -0.4 is 14.8 Å². The van der Waals surface area contributed by atoms with Crippen LogP contribution in [-0.2, 0) is 39.5 Å². The third-order valence-corrected chi connectivity index (χ3v) is 11.6. The molecular weight excluding hydrogens is 763 g/mol. The molecular formula is C43H67BN2O13. The van der Waals surface area contributed by atoms with Gasteiger partial charge in [-0.05, 0) is 131 Å². The zero-order valence-electron chi connectivity index (χ0n) is 37.4. The fourth-order valence-corrected chi connectivity index (χ4v) is 8.67. The number of rotatable bonds is 14. The van der Waals surface area contributed by atoms with Crippen molar-refractivity contribution < 1.29 is 62.0 Å². The molecule has 5 atom stereocenters. The van der Waals surface area contributed by atoms with E-state index in [9.17, 15) is 24.3 Å². The van der Waals surface area contributed by atoms with Crippen molar-refractivity contribution in [1.29, 1.82) is 0 Å². The van der Waals surface area contributed by atoms with Gasteiger partial charge in [-0.3, -0.25) is 4.90 Å². The van der Waals surface area contributed by atoms with Gasteiger partial charge in [0.2, 0.25) is 0 Å². The van der Waals surface area contributed by atoms with E-state index in [2.05, 4.69) is 26.1 Å². The molecule has 0 aromatic heterocycles. The molecule has 2 bridgehead atoms. The van der Waals surface area contributed by atoms with Gasteiger partial charge in [-0.1, -0.05) is 19.9 Å². The van der Waals surface area contributed by atoms with Gasteiger partial charge in [-0.25, -0.2) is 19.2 Å². The summed E-state index contributed by atoms with van der Waals surface area (Å²) in [5.41, 5.74) is -3.81. The van der Waals surface area contributed by atoms with E-state index in [4.69, 9.17) is 37.7 Å². The Kier molecular flexibility index (Phi) is 13.4. The fraction of sp³-hybridized carbons (Fsp3) is 0.767. The number of benzene rings is 1. The molecule has 5 aliphatic rings. The van der Waals surface area contributed by atoms with E-state index >= 15 is 0 Å². The Morgan fingerprint density at radius 2 is 1.56 bits per heavy atom. The van der Waals surface area contributed by atoms with Crippen LogP contribution in [0.5, 0.6) is 11.5 Å². The first-order valence-corrected chi connectivity index (χ1v) is 20.9. The van der Waals surface area contributed by atoms with Crippen molar-refractivity contribution >= 4 is 31.3 Å². The Bertz CT molecular complexity index is 1730. The maximum absolute atomic E-state index is 14.1. The molecule has 2 saturated heterocycles. The number of amides is 1. The summed E-state index contributed by atoms with van der Waals surface area (Å²) in [5, 5.41) is 11.9. The second kappa shape index (κ2) is 17.0. The number of nitrogens with zero attached hydrogens (tertiary/aromatic N) is 1. The van der Waals surface area contributed by atoms with Crippen molar-refractivity contribution in [3.8, 4) is 11.5 Å². The lowest BCUT2D eigenvalue weighted by Gasteiger charge is -2.64. The van der Waals surface area contributed by atoms with Gasteiger partial charge in [0.15, 0.2) is 11.3 Å². The molecule has 1 aromatic carbocycles. The first-order valence-electron chi connectivity index (χ1n) is 20.9. The van der Waals surface area contributed by atoms with Crippen LogP contribution in [0.15, 0.2) is 12.1 Å². The van der Waals surface area contributed by atoms with Gasteiger partial charge >= 0.3 is 31.3 Å². The Hall–Kier alpha value is -3.60. The molecule has 0 radical (unpaired) electrons. The highest BCUT2D eigenvalue weighted by atomic mass is 16.7. The number of esters is 2. The van der Waals surface area contributed by atoms with Gasteiger partial charge in [-0.15, -0.1) is 0 Å². The van der Waals surface area contributed by atoms with Crippen molar-refractivity contribution in [3.05, 3.63) is 23.3 Å². The second-order valence-electron chi connectivity index (χ2n) is 20.5. The van der Waals surface area contributed by atoms with Crippen molar-refractivity contribution in [3.63, 3.8) is 0 Å². The minimum Gasteiger partial charge on any atom is -0.487 e. The van der Waals surface area contributed by atoms with Crippen LogP contribution in [0.2, 0.25) is 6.32 Å². The number of hydrogen-bond donors (Lipinski definition) is 2. The number of carbonyl (C=O) groups is 4. The summed E-state index contributed by atoms with van der Waals surface area (Å²) in [6.45, 7) is 24.3. The highest BCUT2D eigenvalue weighted by molar-refractivity contribution is 6.45. The maximum atomic E-state index is 14.1. The van der Waals surface area contributed by atoms with E-state index < -0.39 is 65.4 Å². The van der Waals surface area contributed by atoms with Crippen molar-refractivity contribution in [2.45, 2.75) is 162 Å². The number of ether oxygens (including phenoxy) is 6. The Balaban J connectivity index is 1.37. The molecule has 2 heterocycles. The molecule has 1 aromatic rings. The minimum absolute atomic E-state index is 0.000215. The monoisotopic (exact) mass is 830 g/mol. The molecule has 3 saturated carbocycles. The predicted octanol–water partition coefficient (Wildman–Crippen LogP) is 6.50. The lowest BCUT2D eigenvalue weighted by atomic mass is 9.43. The van der Waals surface area contributed by atoms with Gasteiger partial charge in [0.25, 0.3) is 0 Å². The SMILES string of the molecule is CC(C)(C)OC(=O)NC(C)(CN1CC(Oc2ccc(CCB3O[C@@H]4C[C@@H]5C[C@@H](C5(C)C)[C@]4(C)O3)c(OC(=O)OC(C)(C)C)c2C(=O)OC(C)(C)C)C1)C(=O)OCCCO. The highest BCUT2D eigenvalue weighted by Crippen LogP contribution is 2.65. The number of aliphatic hydroxyl groups excluding tert-OH is 1. The van der Waals surface area contributed by atoms with E-state index in [1.807, 2.05) is 4.90 Å². The summed E-state index contributed by atoms with van der Waals surface area (Å²) in [4.78, 5) is 55.4. The third-order valence-electron chi connectivity index (χ3n) is 11.6. The first-order chi connectivity index (χ1) is 27.1. The number of aliphatic hydroxyl groups is 1. The second-order valence-corrected chi connectivity index (χ2v) is 20.5. The van der Waals surface area contributed by atoms with Gasteiger partial charge in [0.05, 0.1) is 18.3 Å². The molecule has 2 aliphatic heterocycles.